The number of piperidine rings is 1. The minimum Gasteiger partial charge on any atom is -0.324 e. The fourth-order valence-electron chi connectivity index (χ4n) is 2.59. The molecular weight excluding hydrogens is 464 g/mol. The van der Waals surface area contributed by atoms with E-state index in [0.29, 0.717) is 5.92 Å². The Hall–Kier alpha value is 0.0900. The third-order valence-electron chi connectivity index (χ3n) is 4.15. The van der Waals surface area contributed by atoms with Crippen LogP contribution in [0.15, 0.2) is 25.6 Å². The van der Waals surface area contributed by atoms with Gasteiger partial charge < -0.3 is 10.6 Å². The molecule has 1 heterocycles. The lowest BCUT2D eigenvalue weighted by atomic mass is 9.74. The van der Waals surface area contributed by atoms with Crippen LogP contribution in [0.3, 0.4) is 0 Å². The lowest BCUT2D eigenvalue weighted by molar-refractivity contribution is -0.127. The monoisotopic (exact) mass is 480 g/mol. The summed E-state index contributed by atoms with van der Waals surface area (Å²) >= 11 is 10.4. The van der Waals surface area contributed by atoms with Crippen LogP contribution in [-0.4, -0.2) is 19.0 Å². The maximum atomic E-state index is 12.7. The molecule has 1 aliphatic rings. The quantitative estimate of drug-likeness (QED) is 0.640. The number of halogens is 3. The van der Waals surface area contributed by atoms with E-state index in [0.717, 1.165) is 45.0 Å². The first kappa shape index (κ1) is 17.4. The van der Waals surface area contributed by atoms with Crippen LogP contribution in [0.5, 0.6) is 0 Å². The number of carbonyl (C=O) groups is 1. The molecule has 0 saturated carbocycles. The second-order valence-electron chi connectivity index (χ2n) is 5.96. The lowest BCUT2D eigenvalue weighted by Crippen LogP contribution is -2.44. The SMILES string of the molecule is CC(C)(C(=O)Nc1c(Br)cc(Br)cc1Br)C1CCCNC1. The van der Waals surface area contributed by atoms with Crippen molar-refractivity contribution in [3.05, 3.63) is 25.6 Å². The number of nitrogens with one attached hydrogen (secondary N) is 2. The predicted molar refractivity (Wildman–Crippen MR) is 97.5 cm³/mol. The van der Waals surface area contributed by atoms with Crippen LogP contribution >= 0.6 is 47.8 Å². The van der Waals surface area contributed by atoms with Gasteiger partial charge in [0.2, 0.25) is 5.91 Å². The topological polar surface area (TPSA) is 41.1 Å². The number of amides is 1. The fourth-order valence-corrected chi connectivity index (χ4v) is 5.05. The molecule has 1 saturated heterocycles. The first-order chi connectivity index (χ1) is 9.82. The summed E-state index contributed by atoms with van der Waals surface area (Å²) < 4.78 is 2.67. The van der Waals surface area contributed by atoms with Gasteiger partial charge in [0.25, 0.3) is 0 Å². The lowest BCUT2D eigenvalue weighted by Gasteiger charge is -2.36. The van der Waals surface area contributed by atoms with Crippen LogP contribution < -0.4 is 10.6 Å². The van der Waals surface area contributed by atoms with Crippen molar-refractivity contribution in [2.24, 2.45) is 11.3 Å². The van der Waals surface area contributed by atoms with Crippen molar-refractivity contribution in [1.29, 1.82) is 0 Å². The van der Waals surface area contributed by atoms with Crippen LogP contribution in [0.4, 0.5) is 5.69 Å². The third kappa shape index (κ3) is 4.09. The number of benzene rings is 1. The summed E-state index contributed by atoms with van der Waals surface area (Å²) in [6.07, 6.45) is 2.23. The number of anilines is 1. The summed E-state index contributed by atoms with van der Waals surface area (Å²) in [6, 6.07) is 3.85. The van der Waals surface area contributed by atoms with Gasteiger partial charge in [-0.25, -0.2) is 0 Å². The largest absolute Gasteiger partial charge is 0.324 e. The van der Waals surface area contributed by atoms with Crippen molar-refractivity contribution in [3.8, 4) is 0 Å². The van der Waals surface area contributed by atoms with Crippen LogP contribution in [0, 0.1) is 11.3 Å². The Labute approximate surface area is 151 Å². The predicted octanol–water partition coefficient (Wildman–Crippen LogP) is 4.94. The van der Waals surface area contributed by atoms with E-state index >= 15 is 0 Å². The van der Waals surface area contributed by atoms with E-state index in [1.165, 1.54) is 0 Å². The molecule has 1 amide bonds. The van der Waals surface area contributed by atoms with Gasteiger partial charge in [-0.1, -0.05) is 29.8 Å². The molecule has 0 spiro atoms. The Morgan fingerprint density at radius 2 is 1.90 bits per heavy atom. The highest BCUT2D eigenvalue weighted by atomic mass is 79.9. The Bertz CT molecular complexity index is 517. The van der Waals surface area contributed by atoms with E-state index in [-0.39, 0.29) is 5.91 Å². The molecule has 0 aliphatic carbocycles. The number of rotatable bonds is 3. The van der Waals surface area contributed by atoms with Crippen molar-refractivity contribution >= 4 is 59.4 Å². The summed E-state index contributed by atoms with van der Waals surface area (Å²) in [5, 5.41) is 6.45. The first-order valence-electron chi connectivity index (χ1n) is 6.99. The van der Waals surface area contributed by atoms with E-state index in [1.54, 1.807) is 0 Å². The zero-order valence-corrected chi connectivity index (χ0v) is 16.9. The summed E-state index contributed by atoms with van der Waals surface area (Å²) in [6.45, 7) is 6.02. The molecule has 1 aromatic rings. The molecule has 1 aliphatic heterocycles. The maximum absolute atomic E-state index is 12.7. The van der Waals surface area contributed by atoms with Gasteiger partial charge >= 0.3 is 0 Å². The average molecular weight is 483 g/mol. The van der Waals surface area contributed by atoms with Gasteiger partial charge in [0.15, 0.2) is 0 Å². The molecule has 3 nitrogen and oxygen atoms in total. The zero-order chi connectivity index (χ0) is 15.6. The second-order valence-corrected chi connectivity index (χ2v) is 8.59. The summed E-state index contributed by atoms with van der Waals surface area (Å²) in [5.74, 6) is 0.416. The van der Waals surface area contributed by atoms with Crippen LogP contribution in [-0.2, 0) is 4.79 Å². The van der Waals surface area contributed by atoms with Crippen molar-refractivity contribution in [1.82, 2.24) is 5.32 Å². The van der Waals surface area contributed by atoms with Crippen LogP contribution in [0.1, 0.15) is 26.7 Å². The standard InChI is InChI=1S/C15H19Br3N2O/c1-15(2,9-4-3-5-19-8-9)14(21)20-13-11(17)6-10(16)7-12(13)18/h6-7,9,19H,3-5,8H2,1-2H3,(H,20,21). The van der Waals surface area contributed by atoms with E-state index in [4.69, 9.17) is 0 Å². The maximum Gasteiger partial charge on any atom is 0.230 e. The molecular formula is C15H19Br3N2O. The van der Waals surface area contributed by atoms with Crippen molar-refractivity contribution < 1.29 is 4.79 Å². The Balaban J connectivity index is 2.17. The fraction of sp³-hybridized carbons (Fsp3) is 0.533. The van der Waals surface area contributed by atoms with Crippen LogP contribution in [0.2, 0.25) is 0 Å². The van der Waals surface area contributed by atoms with Gasteiger partial charge in [-0.2, -0.15) is 0 Å². The third-order valence-corrected chi connectivity index (χ3v) is 5.86. The summed E-state index contributed by atoms with van der Waals surface area (Å²) in [7, 11) is 0. The van der Waals surface area contributed by atoms with E-state index < -0.39 is 5.41 Å². The normalized spacial score (nSPS) is 19.4. The van der Waals surface area contributed by atoms with Gasteiger partial charge in [0.1, 0.15) is 0 Å². The van der Waals surface area contributed by atoms with Gasteiger partial charge in [-0.05, 0) is 75.8 Å². The molecule has 1 fully saturated rings. The molecule has 1 unspecified atom stereocenters. The molecule has 6 heteroatoms. The van der Waals surface area contributed by atoms with Gasteiger partial charge in [0, 0.05) is 18.8 Å². The molecule has 21 heavy (non-hydrogen) atoms. The van der Waals surface area contributed by atoms with Crippen molar-refractivity contribution in [2.45, 2.75) is 26.7 Å². The minimum atomic E-state index is -0.403. The van der Waals surface area contributed by atoms with E-state index in [2.05, 4.69) is 58.4 Å². The Kier molecular flexibility index (Phi) is 5.91. The van der Waals surface area contributed by atoms with Crippen LogP contribution in [0.25, 0.3) is 0 Å². The summed E-state index contributed by atoms with van der Waals surface area (Å²) in [4.78, 5) is 12.7. The molecule has 2 rings (SSSR count). The Morgan fingerprint density at radius 3 is 2.43 bits per heavy atom. The number of carbonyl (C=O) groups excluding carboxylic acids is 1. The van der Waals surface area contributed by atoms with E-state index in [9.17, 15) is 4.79 Å². The van der Waals surface area contributed by atoms with Crippen molar-refractivity contribution in [3.63, 3.8) is 0 Å². The minimum absolute atomic E-state index is 0.0555. The first-order valence-corrected chi connectivity index (χ1v) is 9.37. The highest BCUT2D eigenvalue weighted by molar-refractivity contribution is 9.11. The smallest absolute Gasteiger partial charge is 0.230 e. The highest BCUT2D eigenvalue weighted by Crippen LogP contribution is 2.37. The molecule has 1 aromatic carbocycles. The molecule has 0 aromatic heterocycles. The number of hydrogen-bond donors (Lipinski definition) is 2. The number of hydrogen-bond acceptors (Lipinski definition) is 2. The van der Waals surface area contributed by atoms with Gasteiger partial charge in [-0.3, -0.25) is 4.79 Å². The van der Waals surface area contributed by atoms with Gasteiger partial charge in [0.05, 0.1) is 5.69 Å². The molecule has 0 radical (unpaired) electrons. The molecule has 116 valence electrons. The highest BCUT2D eigenvalue weighted by Gasteiger charge is 2.37. The molecule has 0 bridgehead atoms. The average Bonchev–Trinajstić information content (AvgIpc) is 2.43. The van der Waals surface area contributed by atoms with Gasteiger partial charge in [-0.15, -0.1) is 0 Å². The van der Waals surface area contributed by atoms with E-state index in [1.807, 2.05) is 26.0 Å². The van der Waals surface area contributed by atoms with Crippen molar-refractivity contribution in [2.75, 3.05) is 18.4 Å². The zero-order valence-electron chi connectivity index (χ0n) is 12.1. The summed E-state index contributed by atoms with van der Waals surface area (Å²) in [5.41, 5.74) is 0.374. The Morgan fingerprint density at radius 1 is 1.29 bits per heavy atom. The molecule has 2 N–H and O–H groups in total. The second kappa shape index (κ2) is 7.11. The molecule has 1 atom stereocenters.